The van der Waals surface area contributed by atoms with Crippen molar-refractivity contribution in [3.05, 3.63) is 64.0 Å². The highest BCUT2D eigenvalue weighted by Crippen LogP contribution is 2.17. The second-order valence-corrected chi connectivity index (χ2v) is 5.91. The lowest BCUT2D eigenvalue weighted by molar-refractivity contribution is 0.0478. The molecule has 6 heteroatoms. The molecule has 1 aliphatic rings. The fourth-order valence-corrected chi connectivity index (χ4v) is 2.81. The van der Waals surface area contributed by atoms with E-state index in [1.165, 1.54) is 12.1 Å². The Morgan fingerprint density at radius 2 is 2.25 bits per heavy atom. The Bertz CT molecular complexity index is 751. The van der Waals surface area contributed by atoms with Crippen molar-refractivity contribution < 1.29 is 13.9 Å². The molecule has 3 rings (SSSR count). The lowest BCUT2D eigenvalue weighted by atomic mass is 10.2. The van der Waals surface area contributed by atoms with Gasteiger partial charge in [0.15, 0.2) is 11.2 Å². The van der Waals surface area contributed by atoms with Crippen LogP contribution in [0.1, 0.15) is 34.9 Å². The summed E-state index contributed by atoms with van der Waals surface area (Å²) < 4.78 is 11.1. The van der Waals surface area contributed by atoms with Gasteiger partial charge in [0.25, 0.3) is 5.91 Å². The molecule has 0 saturated carbocycles. The van der Waals surface area contributed by atoms with Gasteiger partial charge in [0.05, 0.1) is 18.3 Å². The van der Waals surface area contributed by atoms with Crippen LogP contribution in [0.2, 0.25) is 0 Å². The van der Waals surface area contributed by atoms with E-state index in [1.807, 2.05) is 18.2 Å². The standard InChI is InChI=1S/C18H20N2O4/c1-13-9-15(21)10-17(24-13)18(22)20(12-16-6-4-8-23-16)11-14-5-2-3-7-19-14/h2-3,5,7,9-10,16H,4,6,8,11-12H2,1H3. The smallest absolute Gasteiger partial charge is 0.290 e. The molecule has 0 aromatic carbocycles. The Balaban J connectivity index is 1.84. The van der Waals surface area contributed by atoms with Crippen LogP contribution in [0.25, 0.3) is 0 Å². The van der Waals surface area contributed by atoms with Crippen LogP contribution < -0.4 is 5.43 Å². The van der Waals surface area contributed by atoms with Crippen LogP contribution in [0.5, 0.6) is 0 Å². The highest BCUT2D eigenvalue weighted by molar-refractivity contribution is 5.91. The summed E-state index contributed by atoms with van der Waals surface area (Å²) in [6.45, 7) is 3.17. The summed E-state index contributed by atoms with van der Waals surface area (Å²) in [5.74, 6) is 0.145. The number of carbonyl (C=O) groups excluding carboxylic acids is 1. The Labute approximate surface area is 140 Å². The third kappa shape index (κ3) is 4.08. The summed E-state index contributed by atoms with van der Waals surface area (Å²) >= 11 is 0. The normalized spacial score (nSPS) is 17.0. The molecule has 2 aromatic heterocycles. The van der Waals surface area contributed by atoms with E-state index in [1.54, 1.807) is 18.0 Å². The second kappa shape index (κ2) is 7.40. The third-order valence-corrected chi connectivity index (χ3v) is 3.91. The van der Waals surface area contributed by atoms with Crippen LogP contribution in [0, 0.1) is 6.92 Å². The number of rotatable bonds is 5. The highest BCUT2D eigenvalue weighted by Gasteiger charge is 2.25. The van der Waals surface area contributed by atoms with Crippen molar-refractivity contribution in [2.75, 3.05) is 13.2 Å². The molecule has 0 radical (unpaired) electrons. The molecule has 126 valence electrons. The van der Waals surface area contributed by atoms with Gasteiger partial charge in [-0.2, -0.15) is 0 Å². The van der Waals surface area contributed by atoms with E-state index in [0.717, 1.165) is 25.1 Å². The van der Waals surface area contributed by atoms with Gasteiger partial charge in [0, 0.05) is 31.5 Å². The molecule has 0 aliphatic carbocycles. The fourth-order valence-electron chi connectivity index (χ4n) is 2.81. The number of ether oxygens (including phenoxy) is 1. The zero-order valence-electron chi connectivity index (χ0n) is 13.6. The van der Waals surface area contributed by atoms with Crippen molar-refractivity contribution in [3.8, 4) is 0 Å². The predicted octanol–water partition coefficient (Wildman–Crippen LogP) is 2.16. The average Bonchev–Trinajstić information content (AvgIpc) is 3.07. The number of hydrogen-bond acceptors (Lipinski definition) is 5. The second-order valence-electron chi connectivity index (χ2n) is 5.91. The van der Waals surface area contributed by atoms with Crippen LogP contribution in [-0.2, 0) is 11.3 Å². The number of nitrogens with zero attached hydrogens (tertiary/aromatic N) is 2. The topological polar surface area (TPSA) is 72.6 Å². The lowest BCUT2D eigenvalue weighted by Crippen LogP contribution is -2.37. The number of aryl methyl sites for hydroxylation is 1. The first-order chi connectivity index (χ1) is 11.6. The van der Waals surface area contributed by atoms with Gasteiger partial charge in [-0.1, -0.05) is 6.07 Å². The first-order valence-corrected chi connectivity index (χ1v) is 8.04. The van der Waals surface area contributed by atoms with Crippen molar-refractivity contribution in [2.45, 2.75) is 32.4 Å². The first-order valence-electron chi connectivity index (χ1n) is 8.04. The largest absolute Gasteiger partial charge is 0.456 e. The van der Waals surface area contributed by atoms with Crippen LogP contribution in [-0.4, -0.2) is 35.0 Å². The maximum atomic E-state index is 12.9. The fraction of sp³-hybridized carbons (Fsp3) is 0.389. The maximum Gasteiger partial charge on any atom is 0.290 e. The Morgan fingerprint density at radius 3 is 2.92 bits per heavy atom. The van der Waals surface area contributed by atoms with Crippen molar-refractivity contribution >= 4 is 5.91 Å². The summed E-state index contributed by atoms with van der Waals surface area (Å²) in [6, 6.07) is 8.16. The minimum absolute atomic E-state index is 0.00851. The van der Waals surface area contributed by atoms with E-state index in [9.17, 15) is 9.59 Å². The van der Waals surface area contributed by atoms with Crippen molar-refractivity contribution in [2.24, 2.45) is 0 Å². The van der Waals surface area contributed by atoms with Gasteiger partial charge in [-0.15, -0.1) is 0 Å². The molecule has 3 heterocycles. The molecule has 1 fully saturated rings. The molecule has 0 spiro atoms. The van der Waals surface area contributed by atoms with Crippen LogP contribution in [0.3, 0.4) is 0 Å². The molecule has 0 N–H and O–H groups in total. The molecule has 1 saturated heterocycles. The molecular weight excluding hydrogens is 308 g/mol. The summed E-state index contributed by atoms with van der Waals surface area (Å²) in [5.41, 5.74) is 0.538. The lowest BCUT2D eigenvalue weighted by Gasteiger charge is -2.24. The zero-order chi connectivity index (χ0) is 16.9. The maximum absolute atomic E-state index is 12.9. The first kappa shape index (κ1) is 16.4. The average molecular weight is 328 g/mol. The van der Waals surface area contributed by atoms with Crippen LogP contribution in [0.15, 0.2) is 45.7 Å². The van der Waals surface area contributed by atoms with E-state index < -0.39 is 0 Å². The summed E-state index contributed by atoms with van der Waals surface area (Å²) in [6.07, 6.45) is 3.62. The van der Waals surface area contributed by atoms with Gasteiger partial charge >= 0.3 is 0 Å². The molecule has 1 amide bonds. The minimum atomic E-state index is -0.322. The van der Waals surface area contributed by atoms with E-state index >= 15 is 0 Å². The number of aromatic nitrogens is 1. The van der Waals surface area contributed by atoms with Crippen molar-refractivity contribution in [3.63, 3.8) is 0 Å². The van der Waals surface area contributed by atoms with Gasteiger partial charge in [-0.3, -0.25) is 14.6 Å². The van der Waals surface area contributed by atoms with Gasteiger partial charge in [0.2, 0.25) is 0 Å². The van der Waals surface area contributed by atoms with Gasteiger partial charge in [-0.25, -0.2) is 0 Å². The molecule has 1 unspecified atom stereocenters. The van der Waals surface area contributed by atoms with Gasteiger partial charge < -0.3 is 14.1 Å². The highest BCUT2D eigenvalue weighted by atomic mass is 16.5. The number of carbonyl (C=O) groups is 1. The number of amides is 1. The summed E-state index contributed by atoms with van der Waals surface area (Å²) in [5, 5.41) is 0. The Hall–Kier alpha value is -2.47. The molecule has 24 heavy (non-hydrogen) atoms. The van der Waals surface area contributed by atoms with E-state index in [4.69, 9.17) is 9.15 Å². The SMILES string of the molecule is Cc1cc(=O)cc(C(=O)N(Cc2ccccn2)CC2CCCO2)o1. The monoisotopic (exact) mass is 328 g/mol. The zero-order valence-corrected chi connectivity index (χ0v) is 13.6. The molecule has 1 aliphatic heterocycles. The molecule has 6 nitrogen and oxygen atoms in total. The van der Waals surface area contributed by atoms with Gasteiger partial charge in [-0.05, 0) is 31.9 Å². The molecule has 1 atom stereocenters. The minimum Gasteiger partial charge on any atom is -0.456 e. The van der Waals surface area contributed by atoms with Crippen molar-refractivity contribution in [1.82, 2.24) is 9.88 Å². The van der Waals surface area contributed by atoms with E-state index in [0.29, 0.717) is 18.8 Å². The molecule has 2 aromatic rings. The molecular formula is C18H20N2O4. The van der Waals surface area contributed by atoms with Crippen LogP contribution in [0.4, 0.5) is 0 Å². The summed E-state index contributed by atoms with van der Waals surface area (Å²) in [4.78, 5) is 30.4. The predicted molar refractivity (Wildman–Crippen MR) is 87.7 cm³/mol. The Morgan fingerprint density at radius 1 is 1.38 bits per heavy atom. The molecule has 0 bridgehead atoms. The Kier molecular flexibility index (Phi) is 5.05. The third-order valence-electron chi connectivity index (χ3n) is 3.91. The van der Waals surface area contributed by atoms with E-state index in [-0.39, 0.29) is 23.2 Å². The quantitative estimate of drug-likeness (QED) is 0.841. The van der Waals surface area contributed by atoms with Crippen LogP contribution >= 0.6 is 0 Å². The van der Waals surface area contributed by atoms with E-state index in [2.05, 4.69) is 4.98 Å². The summed E-state index contributed by atoms with van der Waals surface area (Å²) in [7, 11) is 0. The number of pyridine rings is 1. The number of hydrogen-bond donors (Lipinski definition) is 0. The van der Waals surface area contributed by atoms with Crippen molar-refractivity contribution in [1.29, 1.82) is 0 Å². The van der Waals surface area contributed by atoms with Gasteiger partial charge in [0.1, 0.15) is 5.76 Å².